The van der Waals surface area contributed by atoms with E-state index in [1.54, 1.807) is 6.08 Å². The molecule has 49 heavy (non-hydrogen) atoms. The van der Waals surface area contributed by atoms with Crippen LogP contribution in [-0.2, 0) is 28.5 Å². The Labute approximate surface area is 285 Å². The first-order valence-corrected chi connectivity index (χ1v) is 17.8. The van der Waals surface area contributed by atoms with Crippen LogP contribution in [0.15, 0.2) is 23.3 Å². The van der Waals surface area contributed by atoms with Gasteiger partial charge in [-0.1, -0.05) is 25.5 Å². The molecule has 0 bridgehead atoms. The third kappa shape index (κ3) is 5.66. The van der Waals surface area contributed by atoms with Gasteiger partial charge in [-0.3, -0.25) is 0 Å². The smallest absolute Gasteiger partial charge is 0.331 e. The van der Waals surface area contributed by atoms with Gasteiger partial charge in [0.25, 0.3) is 0 Å². The highest BCUT2D eigenvalue weighted by atomic mass is 16.8. The molecule has 0 aromatic heterocycles. The van der Waals surface area contributed by atoms with Gasteiger partial charge in [0.2, 0.25) is 0 Å². The second-order valence-electron chi connectivity index (χ2n) is 15.9. The van der Waals surface area contributed by atoms with Crippen LogP contribution < -0.4 is 0 Å². The van der Waals surface area contributed by atoms with Crippen molar-refractivity contribution >= 4 is 5.97 Å². The number of fused-ring (bicyclic) bond motifs is 5. The van der Waals surface area contributed by atoms with Gasteiger partial charge in [-0.25, -0.2) is 4.79 Å². The van der Waals surface area contributed by atoms with Crippen LogP contribution in [0.25, 0.3) is 0 Å². The number of rotatable bonds is 7. The summed E-state index contributed by atoms with van der Waals surface area (Å²) < 4.78 is 28.9. The molecule has 0 radical (unpaired) electrons. The van der Waals surface area contributed by atoms with Crippen LogP contribution in [0.1, 0.15) is 65.2 Å². The number of aliphatic hydroxyl groups is 8. The molecule has 3 heterocycles. The summed E-state index contributed by atoms with van der Waals surface area (Å²) in [5, 5.41) is 84.7. The molecule has 2 saturated heterocycles. The molecule has 4 aliphatic carbocycles. The lowest BCUT2D eigenvalue weighted by atomic mass is 9.45. The highest BCUT2D eigenvalue weighted by molar-refractivity contribution is 5.85. The van der Waals surface area contributed by atoms with E-state index in [0.717, 1.165) is 37.7 Å². The molecule has 0 spiro atoms. The van der Waals surface area contributed by atoms with Crippen molar-refractivity contribution in [1.82, 2.24) is 0 Å². The van der Waals surface area contributed by atoms with Gasteiger partial charge in [0.1, 0.15) is 55.4 Å². The fourth-order valence-corrected chi connectivity index (χ4v) is 10.7. The van der Waals surface area contributed by atoms with Gasteiger partial charge in [-0.15, -0.1) is 0 Å². The first kappa shape index (κ1) is 35.9. The van der Waals surface area contributed by atoms with Gasteiger partial charge in [-0.2, -0.15) is 0 Å². The quantitative estimate of drug-likeness (QED) is 0.120. The SMILES string of the molecule is C[C@]12CC[C@H](O[C@@H]3O[C@H](CO)[C@@H](O)[C@H](O)[C@H]3O[C@@H]3O[C@H](CO)[C@@H](O)[C@H](O)[C@H]3O)CC1=CCC1C2CC[C@]2(C)[C@H](C3=CC(=O)OC3)CC[C@]12O. The Hall–Kier alpha value is -1.53. The van der Waals surface area contributed by atoms with E-state index < -0.39 is 80.2 Å². The van der Waals surface area contributed by atoms with Crippen LogP contribution in [0.2, 0.25) is 0 Å². The van der Waals surface area contributed by atoms with E-state index in [2.05, 4.69) is 19.9 Å². The number of cyclic esters (lactones) is 1. The van der Waals surface area contributed by atoms with Crippen molar-refractivity contribution in [2.75, 3.05) is 19.8 Å². The van der Waals surface area contributed by atoms with Crippen molar-refractivity contribution in [1.29, 1.82) is 0 Å². The topological polar surface area (TPSA) is 225 Å². The van der Waals surface area contributed by atoms with Crippen molar-refractivity contribution in [3.63, 3.8) is 0 Å². The zero-order chi connectivity index (χ0) is 35.0. The first-order chi connectivity index (χ1) is 23.3. The van der Waals surface area contributed by atoms with Gasteiger partial charge >= 0.3 is 5.97 Å². The molecule has 14 nitrogen and oxygen atoms in total. The minimum Gasteiger partial charge on any atom is -0.458 e. The second-order valence-corrected chi connectivity index (χ2v) is 15.9. The Bertz CT molecular complexity index is 1320. The van der Waals surface area contributed by atoms with Crippen LogP contribution in [0.5, 0.6) is 0 Å². The summed E-state index contributed by atoms with van der Waals surface area (Å²) in [7, 11) is 0. The summed E-state index contributed by atoms with van der Waals surface area (Å²) in [6.07, 6.45) is -5.59. The molecule has 0 aromatic rings. The number of carbonyl (C=O) groups is 1. The van der Waals surface area contributed by atoms with E-state index in [4.69, 9.17) is 23.7 Å². The summed E-state index contributed by atoms with van der Waals surface area (Å²) in [5.74, 6) is 0.130. The Morgan fingerprint density at radius 3 is 2.18 bits per heavy atom. The maximum Gasteiger partial charge on any atom is 0.331 e. The number of hydrogen-bond acceptors (Lipinski definition) is 14. The van der Waals surface area contributed by atoms with Crippen LogP contribution in [0.3, 0.4) is 0 Å². The molecule has 7 aliphatic rings. The van der Waals surface area contributed by atoms with Gasteiger partial charge in [-0.05, 0) is 80.1 Å². The van der Waals surface area contributed by atoms with E-state index in [0.29, 0.717) is 25.9 Å². The number of allylic oxidation sites excluding steroid dienone is 1. The van der Waals surface area contributed by atoms with E-state index in [-0.39, 0.29) is 40.7 Å². The molecule has 3 aliphatic heterocycles. The van der Waals surface area contributed by atoms with Crippen molar-refractivity contribution < 1.29 is 69.3 Å². The molecule has 7 rings (SSSR count). The van der Waals surface area contributed by atoms with Crippen molar-refractivity contribution in [3.05, 3.63) is 23.3 Å². The number of esters is 1. The third-order valence-corrected chi connectivity index (χ3v) is 13.7. The lowest BCUT2D eigenvalue weighted by Crippen LogP contribution is -2.65. The highest BCUT2D eigenvalue weighted by Gasteiger charge is 2.67. The zero-order valence-electron chi connectivity index (χ0n) is 28.0. The zero-order valence-corrected chi connectivity index (χ0v) is 28.0. The largest absolute Gasteiger partial charge is 0.458 e. The molecule has 8 N–H and O–H groups in total. The van der Waals surface area contributed by atoms with Crippen LogP contribution in [0.4, 0.5) is 0 Å². The van der Waals surface area contributed by atoms with Gasteiger partial charge < -0.3 is 64.5 Å². The maximum absolute atomic E-state index is 12.5. The molecule has 14 heteroatoms. The summed E-state index contributed by atoms with van der Waals surface area (Å²) in [4.78, 5) is 11.9. The van der Waals surface area contributed by atoms with Crippen molar-refractivity contribution in [2.24, 2.45) is 28.6 Å². The molecular formula is C35H52O14. The maximum atomic E-state index is 12.5. The Morgan fingerprint density at radius 2 is 1.51 bits per heavy atom. The molecule has 0 aromatic carbocycles. The molecule has 3 saturated carbocycles. The molecular weight excluding hydrogens is 644 g/mol. The Balaban J connectivity index is 1.07. The minimum atomic E-state index is -1.75. The first-order valence-electron chi connectivity index (χ1n) is 17.8. The van der Waals surface area contributed by atoms with E-state index >= 15 is 0 Å². The predicted molar refractivity (Wildman–Crippen MR) is 167 cm³/mol. The van der Waals surface area contributed by atoms with Crippen molar-refractivity contribution in [3.8, 4) is 0 Å². The minimum absolute atomic E-state index is 0.0704. The normalized spacial score (nSPS) is 52.8. The van der Waals surface area contributed by atoms with Crippen LogP contribution in [0, 0.1) is 28.6 Å². The number of carbonyl (C=O) groups excluding carboxylic acids is 1. The fraction of sp³-hybridized carbons (Fsp3) is 0.857. The van der Waals surface area contributed by atoms with Gasteiger partial charge in [0.15, 0.2) is 12.6 Å². The number of hydrogen-bond donors (Lipinski definition) is 8. The monoisotopic (exact) mass is 696 g/mol. The summed E-state index contributed by atoms with van der Waals surface area (Å²) in [5.41, 5.74) is 0.835. The lowest BCUT2D eigenvalue weighted by molar-refractivity contribution is -0.372. The summed E-state index contributed by atoms with van der Waals surface area (Å²) in [6, 6.07) is 0. The van der Waals surface area contributed by atoms with Gasteiger partial charge in [0.05, 0.1) is 24.9 Å². The predicted octanol–water partition coefficient (Wildman–Crippen LogP) is -0.827. The molecule has 5 fully saturated rings. The van der Waals surface area contributed by atoms with Crippen LogP contribution in [-0.4, -0.2) is 140 Å². The molecule has 276 valence electrons. The molecule has 17 atom stereocenters. The fourth-order valence-electron chi connectivity index (χ4n) is 10.7. The number of aliphatic hydroxyl groups excluding tert-OH is 7. The molecule has 2 unspecified atom stereocenters. The standard InChI is InChI=1S/C35H52O14/c1-33-8-5-18(46-32-30(28(42)26(40)23(14-37)48-32)49-31-29(43)27(41)25(39)22(13-36)47-31)12-17(33)3-4-21-20(33)6-9-34(2)19(7-10-35(21,34)44)16-11-24(38)45-15-16/h3,11,18-23,25-32,36-37,39-44H,4-10,12-15H2,1-2H3/t18-,19-,20?,21?,22+,23+,25+,26+,27-,28-,29+,30+,31-,32+,33-,34+,35-/m0/s1. The Kier molecular flexibility index (Phi) is 9.62. The van der Waals surface area contributed by atoms with E-state index in [1.165, 1.54) is 5.57 Å². The van der Waals surface area contributed by atoms with Crippen molar-refractivity contribution in [2.45, 2.75) is 138 Å². The van der Waals surface area contributed by atoms with Gasteiger partial charge in [0, 0.05) is 11.5 Å². The lowest BCUT2D eigenvalue weighted by Gasteiger charge is -2.61. The summed E-state index contributed by atoms with van der Waals surface area (Å²) in [6.45, 7) is 3.49. The summed E-state index contributed by atoms with van der Waals surface area (Å²) >= 11 is 0. The highest BCUT2D eigenvalue weighted by Crippen LogP contribution is 2.69. The van der Waals surface area contributed by atoms with Crippen LogP contribution >= 0.6 is 0 Å². The van der Waals surface area contributed by atoms with E-state index in [9.17, 15) is 45.6 Å². The van der Waals surface area contributed by atoms with E-state index in [1.807, 2.05) is 0 Å². The number of ether oxygens (including phenoxy) is 5. The second kappa shape index (κ2) is 13.2. The average molecular weight is 697 g/mol. The average Bonchev–Trinajstić information content (AvgIpc) is 3.63. The Morgan fingerprint density at radius 1 is 0.816 bits per heavy atom. The third-order valence-electron chi connectivity index (χ3n) is 13.7. The molecule has 0 amide bonds.